The first-order valence-electron chi connectivity index (χ1n) is 8.62. The maximum absolute atomic E-state index is 12.0. The van der Waals surface area contributed by atoms with Gasteiger partial charge in [-0.3, -0.25) is 14.9 Å². The molecule has 0 bridgehead atoms. The number of rotatable bonds is 8. The van der Waals surface area contributed by atoms with Gasteiger partial charge in [-0.2, -0.15) is 0 Å². The average molecular weight is 372 g/mol. The summed E-state index contributed by atoms with van der Waals surface area (Å²) in [6, 6.07) is 12.9. The van der Waals surface area contributed by atoms with Crippen LogP contribution in [-0.4, -0.2) is 36.8 Å². The van der Waals surface area contributed by atoms with Gasteiger partial charge < -0.3 is 19.5 Å². The standard InChI is InChI=1S/C19H20N2O6/c22-19(13-27-18-6-2-1-5-17(18)21(23)24)20-14-7-9-15(10-8-14)26-12-16-4-3-11-25-16/h1-2,5-10,16H,3-4,11-13H2,(H,20,22). The number of benzene rings is 2. The van der Waals surface area contributed by atoms with Gasteiger partial charge >= 0.3 is 5.69 Å². The highest BCUT2D eigenvalue weighted by molar-refractivity contribution is 5.91. The van der Waals surface area contributed by atoms with E-state index >= 15 is 0 Å². The number of carbonyl (C=O) groups is 1. The van der Waals surface area contributed by atoms with Crippen molar-refractivity contribution in [3.8, 4) is 11.5 Å². The van der Waals surface area contributed by atoms with E-state index in [-0.39, 0.29) is 24.1 Å². The smallest absolute Gasteiger partial charge is 0.310 e. The fourth-order valence-electron chi connectivity index (χ4n) is 2.67. The number of nitro groups is 1. The molecule has 8 heteroatoms. The number of carbonyl (C=O) groups excluding carboxylic acids is 1. The summed E-state index contributed by atoms with van der Waals surface area (Å²) in [6.45, 7) is 0.963. The molecule has 1 unspecified atom stereocenters. The Morgan fingerprint density at radius 3 is 2.67 bits per heavy atom. The molecule has 3 rings (SSSR count). The molecule has 2 aromatic rings. The van der Waals surface area contributed by atoms with Gasteiger partial charge in [0, 0.05) is 18.4 Å². The third-order valence-corrected chi connectivity index (χ3v) is 4.02. The molecule has 0 saturated carbocycles. The first kappa shape index (κ1) is 18.7. The molecular weight excluding hydrogens is 352 g/mol. The summed E-state index contributed by atoms with van der Waals surface area (Å²) in [7, 11) is 0. The van der Waals surface area contributed by atoms with E-state index in [9.17, 15) is 14.9 Å². The Hall–Kier alpha value is -3.13. The second kappa shape index (κ2) is 9.00. The number of hydrogen-bond donors (Lipinski definition) is 1. The highest BCUT2D eigenvalue weighted by Crippen LogP contribution is 2.25. The number of ether oxygens (including phenoxy) is 3. The molecule has 27 heavy (non-hydrogen) atoms. The zero-order valence-electron chi connectivity index (χ0n) is 14.6. The molecule has 1 aliphatic rings. The fraction of sp³-hybridized carbons (Fsp3) is 0.316. The zero-order chi connectivity index (χ0) is 19.1. The lowest BCUT2D eigenvalue weighted by Crippen LogP contribution is -2.20. The fourth-order valence-corrected chi connectivity index (χ4v) is 2.67. The van der Waals surface area contributed by atoms with Crippen LogP contribution in [0.25, 0.3) is 0 Å². The van der Waals surface area contributed by atoms with E-state index in [2.05, 4.69) is 5.32 Å². The molecule has 0 spiro atoms. The minimum absolute atomic E-state index is 0.0514. The molecular formula is C19H20N2O6. The van der Waals surface area contributed by atoms with E-state index < -0.39 is 10.8 Å². The van der Waals surface area contributed by atoms with Gasteiger partial charge in [0.15, 0.2) is 12.4 Å². The van der Waals surface area contributed by atoms with Gasteiger partial charge in [-0.25, -0.2) is 0 Å². The monoisotopic (exact) mass is 372 g/mol. The molecule has 1 saturated heterocycles. The Morgan fingerprint density at radius 1 is 1.19 bits per heavy atom. The molecule has 1 atom stereocenters. The van der Waals surface area contributed by atoms with Crippen LogP contribution in [0.3, 0.4) is 0 Å². The van der Waals surface area contributed by atoms with Crippen molar-refractivity contribution >= 4 is 17.3 Å². The third-order valence-electron chi connectivity index (χ3n) is 4.02. The number of nitrogens with zero attached hydrogens (tertiary/aromatic N) is 1. The topological polar surface area (TPSA) is 99.9 Å². The van der Waals surface area contributed by atoms with Crippen molar-refractivity contribution in [2.24, 2.45) is 0 Å². The van der Waals surface area contributed by atoms with Gasteiger partial charge in [-0.15, -0.1) is 0 Å². The Bertz CT molecular complexity index is 787. The molecule has 142 valence electrons. The number of anilines is 1. The highest BCUT2D eigenvalue weighted by Gasteiger charge is 2.16. The van der Waals surface area contributed by atoms with E-state index in [1.54, 1.807) is 30.3 Å². The lowest BCUT2D eigenvalue weighted by Gasteiger charge is -2.12. The van der Waals surface area contributed by atoms with Gasteiger partial charge in [0.05, 0.1) is 11.0 Å². The van der Waals surface area contributed by atoms with Crippen LogP contribution in [0.5, 0.6) is 11.5 Å². The number of amides is 1. The molecule has 1 heterocycles. The maximum Gasteiger partial charge on any atom is 0.310 e. The van der Waals surface area contributed by atoms with Crippen molar-refractivity contribution < 1.29 is 23.9 Å². The van der Waals surface area contributed by atoms with Crippen LogP contribution in [0.2, 0.25) is 0 Å². The molecule has 0 radical (unpaired) electrons. The Labute approximate surface area is 156 Å². The van der Waals surface area contributed by atoms with Crippen LogP contribution in [0, 0.1) is 10.1 Å². The zero-order valence-corrected chi connectivity index (χ0v) is 14.6. The molecule has 0 aliphatic carbocycles. The van der Waals surface area contributed by atoms with Crippen molar-refractivity contribution in [3.63, 3.8) is 0 Å². The maximum atomic E-state index is 12.0. The summed E-state index contributed by atoms with van der Waals surface area (Å²) in [5.74, 6) is 0.330. The quantitative estimate of drug-likeness (QED) is 0.564. The van der Waals surface area contributed by atoms with Gasteiger partial charge in [0.2, 0.25) is 0 Å². The van der Waals surface area contributed by atoms with Crippen LogP contribution in [0.1, 0.15) is 12.8 Å². The molecule has 0 aromatic heterocycles. The third kappa shape index (κ3) is 5.42. The second-order valence-electron chi connectivity index (χ2n) is 6.03. The first-order chi connectivity index (χ1) is 13.1. The predicted molar refractivity (Wildman–Crippen MR) is 98.1 cm³/mol. The lowest BCUT2D eigenvalue weighted by atomic mass is 10.2. The number of para-hydroxylation sites is 2. The number of nitro benzene ring substituents is 1. The lowest BCUT2D eigenvalue weighted by molar-refractivity contribution is -0.385. The van der Waals surface area contributed by atoms with Crippen molar-refractivity contribution in [3.05, 3.63) is 58.6 Å². The summed E-state index contributed by atoms with van der Waals surface area (Å²) in [4.78, 5) is 22.4. The minimum atomic E-state index is -0.553. The largest absolute Gasteiger partial charge is 0.491 e. The van der Waals surface area contributed by atoms with E-state index in [4.69, 9.17) is 14.2 Å². The average Bonchev–Trinajstić information content (AvgIpc) is 3.19. The van der Waals surface area contributed by atoms with Crippen LogP contribution in [-0.2, 0) is 9.53 Å². The van der Waals surface area contributed by atoms with Crippen molar-refractivity contribution in [1.29, 1.82) is 0 Å². The molecule has 8 nitrogen and oxygen atoms in total. The summed E-state index contributed by atoms with van der Waals surface area (Å²) in [5, 5.41) is 13.6. The minimum Gasteiger partial charge on any atom is -0.491 e. The van der Waals surface area contributed by atoms with Crippen LogP contribution >= 0.6 is 0 Å². The Kier molecular flexibility index (Phi) is 6.22. The van der Waals surface area contributed by atoms with Gasteiger partial charge in [-0.1, -0.05) is 12.1 Å². The van der Waals surface area contributed by atoms with Gasteiger partial charge in [0.25, 0.3) is 5.91 Å². The predicted octanol–water partition coefficient (Wildman–Crippen LogP) is 3.17. The normalized spacial score (nSPS) is 15.9. The molecule has 2 aromatic carbocycles. The van der Waals surface area contributed by atoms with Gasteiger partial charge in [-0.05, 0) is 43.2 Å². The van der Waals surface area contributed by atoms with E-state index in [1.165, 1.54) is 18.2 Å². The number of hydrogen-bond acceptors (Lipinski definition) is 6. The van der Waals surface area contributed by atoms with Crippen LogP contribution in [0.15, 0.2) is 48.5 Å². The molecule has 1 amide bonds. The highest BCUT2D eigenvalue weighted by atomic mass is 16.6. The molecule has 1 N–H and O–H groups in total. The summed E-state index contributed by atoms with van der Waals surface area (Å²) < 4.78 is 16.4. The van der Waals surface area contributed by atoms with Crippen molar-refractivity contribution in [2.45, 2.75) is 18.9 Å². The van der Waals surface area contributed by atoms with E-state index in [0.717, 1.165) is 19.4 Å². The molecule has 1 fully saturated rings. The first-order valence-corrected chi connectivity index (χ1v) is 8.62. The van der Waals surface area contributed by atoms with Crippen molar-refractivity contribution in [1.82, 2.24) is 0 Å². The van der Waals surface area contributed by atoms with Crippen LogP contribution < -0.4 is 14.8 Å². The molecule has 1 aliphatic heterocycles. The second-order valence-corrected chi connectivity index (χ2v) is 6.03. The van der Waals surface area contributed by atoms with Gasteiger partial charge in [0.1, 0.15) is 12.4 Å². The summed E-state index contributed by atoms with van der Waals surface area (Å²) in [6.07, 6.45) is 2.21. The Morgan fingerprint density at radius 2 is 1.96 bits per heavy atom. The summed E-state index contributed by atoms with van der Waals surface area (Å²) >= 11 is 0. The summed E-state index contributed by atoms with van der Waals surface area (Å²) in [5.41, 5.74) is 0.397. The van der Waals surface area contributed by atoms with E-state index in [1.807, 2.05) is 0 Å². The van der Waals surface area contributed by atoms with E-state index in [0.29, 0.717) is 18.0 Å². The Balaban J connectivity index is 1.47. The number of nitrogens with one attached hydrogen (secondary N) is 1. The SMILES string of the molecule is O=C(COc1ccccc1[N+](=O)[O-])Nc1ccc(OCC2CCCO2)cc1. The van der Waals surface area contributed by atoms with Crippen LogP contribution in [0.4, 0.5) is 11.4 Å². The van der Waals surface area contributed by atoms with Crippen molar-refractivity contribution in [2.75, 3.05) is 25.1 Å².